The number of ketones is 2. The van der Waals surface area contributed by atoms with Gasteiger partial charge in [-0.1, -0.05) is 0 Å². The maximum atomic E-state index is 13.8. The molecule has 1 amide bonds. The van der Waals surface area contributed by atoms with Gasteiger partial charge in [-0.25, -0.2) is 0 Å². The molecule has 3 aliphatic rings. The van der Waals surface area contributed by atoms with Gasteiger partial charge < -0.3 is 36.4 Å². The zero-order valence-electron chi connectivity index (χ0n) is 20.2. The maximum absolute atomic E-state index is 13.8. The molecule has 0 radical (unpaired) electrons. The van der Waals surface area contributed by atoms with Gasteiger partial charge in [-0.15, -0.1) is 0 Å². The second-order valence-electron chi connectivity index (χ2n) is 9.75. The quantitative estimate of drug-likeness (QED) is 0.252. The van der Waals surface area contributed by atoms with Crippen LogP contribution < -0.4 is 16.0 Å². The van der Waals surface area contributed by atoms with Crippen LogP contribution in [0.15, 0.2) is 23.0 Å². The molecule has 0 bridgehead atoms. The van der Waals surface area contributed by atoms with Crippen molar-refractivity contribution < 1.29 is 34.8 Å². The number of amides is 1. The van der Waals surface area contributed by atoms with Gasteiger partial charge in [0.2, 0.25) is 5.78 Å². The van der Waals surface area contributed by atoms with Crippen molar-refractivity contribution in [2.24, 2.45) is 17.6 Å². The molecule has 1 saturated carbocycles. The zero-order chi connectivity index (χ0) is 26.1. The molecule has 0 spiro atoms. The number of hydrogen-bond donors (Lipinski definition) is 6. The van der Waals surface area contributed by atoms with Crippen molar-refractivity contribution in [1.29, 1.82) is 0 Å². The van der Waals surface area contributed by atoms with E-state index in [2.05, 4.69) is 5.32 Å². The normalized spacial score (nSPS) is 28.0. The second-order valence-corrected chi connectivity index (χ2v) is 9.75. The molecule has 35 heavy (non-hydrogen) atoms. The summed E-state index contributed by atoms with van der Waals surface area (Å²) in [6.45, 7) is 0. The fourth-order valence-corrected chi connectivity index (χ4v) is 5.88. The standard InChI is InChI=1S/C24H30N4O7/c1-26-12-8-13(27(2)3)10-6-9-7-11-17(28(4)5)20(31)16(23(25)34)22(33)24(11,35)21(32)14(9)19(30)15(10)18(12)29/h8-9,11,17,26,29-30,33,35H,6-7H2,1-5H3,(H2,25,34)/t9-,11-,17-,24-/m0/s1. The van der Waals surface area contributed by atoms with E-state index in [4.69, 9.17) is 5.73 Å². The molecule has 7 N–H and O–H groups in total. The lowest BCUT2D eigenvalue weighted by Gasteiger charge is -2.50. The number of primary amides is 1. The number of anilines is 2. The zero-order valence-corrected chi connectivity index (χ0v) is 20.2. The number of aliphatic hydroxyl groups is 3. The molecule has 0 unspecified atom stereocenters. The summed E-state index contributed by atoms with van der Waals surface area (Å²) in [6, 6.07) is 0.620. The Balaban J connectivity index is 2.01. The molecule has 188 valence electrons. The first-order valence-electron chi connectivity index (χ1n) is 11.2. The Morgan fingerprint density at radius 2 is 1.80 bits per heavy atom. The number of Topliss-reactive ketones (excluding diaryl/α,β-unsaturated/α-hetero) is 2. The number of phenolic OH excluding ortho intramolecular Hbond substituents is 1. The number of rotatable bonds is 4. The fraction of sp³-hybridized carbons (Fsp3) is 0.458. The first kappa shape index (κ1) is 24.6. The third-order valence-corrected chi connectivity index (χ3v) is 7.45. The van der Waals surface area contributed by atoms with E-state index in [9.17, 15) is 34.8 Å². The molecule has 1 fully saturated rings. The monoisotopic (exact) mass is 486 g/mol. The average Bonchev–Trinajstić information content (AvgIpc) is 2.75. The van der Waals surface area contributed by atoms with Crippen molar-refractivity contribution in [3.05, 3.63) is 34.1 Å². The van der Waals surface area contributed by atoms with Crippen molar-refractivity contribution in [3.8, 4) is 5.75 Å². The molecule has 1 aromatic carbocycles. The van der Waals surface area contributed by atoms with Gasteiger partial charge in [0, 0.05) is 38.3 Å². The van der Waals surface area contributed by atoms with E-state index in [-0.39, 0.29) is 29.7 Å². The number of nitrogens with one attached hydrogen (secondary N) is 1. The number of nitrogens with zero attached hydrogens (tertiary/aromatic N) is 2. The predicted octanol–water partition coefficient (Wildman–Crippen LogP) is 0.0717. The fourth-order valence-electron chi connectivity index (χ4n) is 5.88. The Labute approximate surface area is 202 Å². The molecule has 3 aliphatic carbocycles. The Morgan fingerprint density at radius 1 is 1.17 bits per heavy atom. The number of fused-ring (bicyclic) bond motifs is 3. The highest BCUT2D eigenvalue weighted by Crippen LogP contribution is 2.54. The summed E-state index contributed by atoms with van der Waals surface area (Å²) >= 11 is 0. The topological polar surface area (TPSA) is 177 Å². The molecule has 4 rings (SSSR count). The lowest BCUT2D eigenvalue weighted by molar-refractivity contribution is -0.153. The van der Waals surface area contributed by atoms with Gasteiger partial charge in [-0.05, 0) is 44.5 Å². The summed E-state index contributed by atoms with van der Waals surface area (Å²) in [6.07, 6.45) is 0.285. The number of carbonyl (C=O) groups is 3. The minimum atomic E-state index is -2.65. The van der Waals surface area contributed by atoms with E-state index < -0.39 is 58.0 Å². The predicted molar refractivity (Wildman–Crippen MR) is 128 cm³/mol. The van der Waals surface area contributed by atoms with Crippen LogP contribution >= 0.6 is 0 Å². The molecular weight excluding hydrogens is 456 g/mol. The molecule has 0 saturated heterocycles. The van der Waals surface area contributed by atoms with Crippen LogP contribution in [0.4, 0.5) is 11.4 Å². The van der Waals surface area contributed by atoms with Gasteiger partial charge in [0.15, 0.2) is 11.4 Å². The molecule has 4 atom stereocenters. The van der Waals surface area contributed by atoms with Crippen LogP contribution in [0.25, 0.3) is 5.76 Å². The average molecular weight is 487 g/mol. The number of nitrogens with two attached hydrogens (primary N) is 1. The minimum absolute atomic E-state index is 0.0488. The summed E-state index contributed by atoms with van der Waals surface area (Å²) < 4.78 is 0. The Morgan fingerprint density at radius 3 is 2.31 bits per heavy atom. The summed E-state index contributed by atoms with van der Waals surface area (Å²) in [5.41, 5.74) is 3.38. The van der Waals surface area contributed by atoms with Crippen molar-refractivity contribution in [2.75, 3.05) is 45.5 Å². The summed E-state index contributed by atoms with van der Waals surface area (Å²) in [7, 11) is 8.35. The smallest absolute Gasteiger partial charge is 0.255 e. The Hall–Kier alpha value is -3.57. The van der Waals surface area contributed by atoms with Gasteiger partial charge in [-0.3, -0.25) is 19.3 Å². The van der Waals surface area contributed by atoms with Crippen LogP contribution in [0.1, 0.15) is 17.5 Å². The highest BCUT2D eigenvalue weighted by atomic mass is 16.3. The lowest BCUT2D eigenvalue weighted by Crippen LogP contribution is -2.65. The van der Waals surface area contributed by atoms with Crippen LogP contribution in [0.5, 0.6) is 5.75 Å². The molecular formula is C24H30N4O7. The van der Waals surface area contributed by atoms with E-state index in [0.717, 1.165) is 0 Å². The first-order valence-corrected chi connectivity index (χ1v) is 11.2. The van der Waals surface area contributed by atoms with Crippen LogP contribution in [0, 0.1) is 11.8 Å². The third kappa shape index (κ3) is 3.15. The van der Waals surface area contributed by atoms with Gasteiger partial charge in [0.1, 0.15) is 22.8 Å². The molecule has 0 aromatic heterocycles. The van der Waals surface area contributed by atoms with Gasteiger partial charge >= 0.3 is 0 Å². The molecule has 1 aromatic rings. The van der Waals surface area contributed by atoms with E-state index in [1.165, 1.54) is 4.90 Å². The molecule has 11 nitrogen and oxygen atoms in total. The summed E-state index contributed by atoms with van der Waals surface area (Å²) in [5, 5.41) is 47.5. The van der Waals surface area contributed by atoms with Gasteiger partial charge in [-0.2, -0.15) is 0 Å². The van der Waals surface area contributed by atoms with Crippen LogP contribution in [0.3, 0.4) is 0 Å². The molecule has 0 aliphatic heterocycles. The van der Waals surface area contributed by atoms with E-state index in [1.54, 1.807) is 27.2 Å². The Bertz CT molecular complexity index is 1230. The number of phenols is 1. The van der Waals surface area contributed by atoms with Crippen LogP contribution in [-0.2, 0) is 20.8 Å². The summed E-state index contributed by atoms with van der Waals surface area (Å²) in [5.74, 6) is -6.67. The highest BCUT2D eigenvalue weighted by molar-refractivity contribution is 6.24. The van der Waals surface area contributed by atoms with Crippen LogP contribution in [0.2, 0.25) is 0 Å². The van der Waals surface area contributed by atoms with Gasteiger partial charge in [0.05, 0.1) is 17.3 Å². The van der Waals surface area contributed by atoms with Crippen molar-refractivity contribution >= 4 is 34.6 Å². The highest BCUT2D eigenvalue weighted by Gasteiger charge is 2.64. The molecule has 0 heterocycles. The van der Waals surface area contributed by atoms with E-state index >= 15 is 0 Å². The second kappa shape index (κ2) is 7.99. The number of aliphatic hydroxyl groups excluding tert-OH is 2. The lowest BCUT2D eigenvalue weighted by atomic mass is 9.57. The number of likely N-dealkylation sites (N-methyl/N-ethyl adjacent to an activating group) is 1. The largest absolute Gasteiger partial charge is 0.508 e. The minimum Gasteiger partial charge on any atom is -0.508 e. The summed E-state index contributed by atoms with van der Waals surface area (Å²) in [4.78, 5) is 42.3. The maximum Gasteiger partial charge on any atom is 0.255 e. The van der Waals surface area contributed by atoms with Crippen molar-refractivity contribution in [1.82, 2.24) is 4.90 Å². The van der Waals surface area contributed by atoms with Gasteiger partial charge in [0.25, 0.3) is 5.91 Å². The SMILES string of the molecule is CNc1cc(N(C)C)c2c(c1O)C(O)=C1C(=O)[C@]3(O)C(O)=C(C(N)=O)C(=O)[C@@H](N(C)C)[C@@H]3C[C@@H]1C2. The van der Waals surface area contributed by atoms with E-state index in [1.807, 2.05) is 19.0 Å². The number of aromatic hydroxyl groups is 1. The number of carbonyl (C=O) groups excluding carboxylic acids is 3. The van der Waals surface area contributed by atoms with Crippen molar-refractivity contribution in [2.45, 2.75) is 24.5 Å². The van der Waals surface area contributed by atoms with E-state index in [0.29, 0.717) is 16.9 Å². The molecule has 11 heteroatoms. The van der Waals surface area contributed by atoms with Crippen LogP contribution in [-0.4, -0.2) is 89.7 Å². The third-order valence-electron chi connectivity index (χ3n) is 7.45. The van der Waals surface area contributed by atoms with Crippen molar-refractivity contribution in [3.63, 3.8) is 0 Å². The number of benzene rings is 1. The number of hydrogen-bond acceptors (Lipinski definition) is 10. The Kier molecular flexibility index (Phi) is 5.61. The first-order chi connectivity index (χ1) is 16.3.